The van der Waals surface area contributed by atoms with Crippen LogP contribution in [-0.2, 0) is 19.1 Å². The van der Waals surface area contributed by atoms with E-state index in [9.17, 15) is 19.2 Å². The number of alkyl carbamates (subject to hydrolysis) is 1. The average Bonchev–Trinajstić information content (AvgIpc) is 3.75. The molecular weight excluding hydrogens is 777 g/mol. The lowest BCUT2D eigenvalue weighted by molar-refractivity contribution is -0.158. The number of benzene rings is 1. The molecule has 2 aliphatic carbocycles. The fourth-order valence-electron chi connectivity index (χ4n) is 9.56. The third-order valence-electron chi connectivity index (χ3n) is 13.0. The summed E-state index contributed by atoms with van der Waals surface area (Å²) in [6, 6.07) is 4.38. The molecule has 0 spiro atoms. The van der Waals surface area contributed by atoms with Gasteiger partial charge in [0.2, 0.25) is 11.9 Å². The van der Waals surface area contributed by atoms with Gasteiger partial charge in [-0.15, -0.1) is 0 Å². The number of likely N-dealkylation sites (tertiary alicyclic amines) is 1. The molecule has 15 nitrogen and oxygen atoms in total. The molecule has 15 heteroatoms. The van der Waals surface area contributed by atoms with Crippen molar-refractivity contribution in [3.8, 4) is 5.75 Å². The van der Waals surface area contributed by atoms with Crippen molar-refractivity contribution < 1.29 is 33.4 Å². The molecule has 61 heavy (non-hydrogen) atoms. The van der Waals surface area contributed by atoms with Gasteiger partial charge in [-0.2, -0.15) is 4.98 Å². The van der Waals surface area contributed by atoms with Gasteiger partial charge in [0.25, 0.3) is 5.91 Å². The van der Waals surface area contributed by atoms with Crippen LogP contribution >= 0.6 is 0 Å². The van der Waals surface area contributed by atoms with Gasteiger partial charge in [-0.1, -0.05) is 47.0 Å². The summed E-state index contributed by atoms with van der Waals surface area (Å²) in [6.07, 6.45) is 10.7. The number of methoxy groups -OCH3 is 1. The largest absolute Gasteiger partial charge is 0.495 e. The van der Waals surface area contributed by atoms with Crippen LogP contribution in [-0.4, -0.2) is 108 Å². The number of anilines is 4. The number of ether oxygens (including phenoxy) is 3. The van der Waals surface area contributed by atoms with Crippen LogP contribution in [0.15, 0.2) is 24.4 Å². The Kier molecular flexibility index (Phi) is 15.1. The van der Waals surface area contributed by atoms with Crippen molar-refractivity contribution >= 4 is 47.0 Å². The van der Waals surface area contributed by atoms with Gasteiger partial charge >= 0.3 is 12.1 Å². The van der Waals surface area contributed by atoms with E-state index >= 15 is 0 Å². The lowest BCUT2D eigenvalue weighted by Crippen LogP contribution is -2.55. The highest BCUT2D eigenvalue weighted by Crippen LogP contribution is 2.41. The molecule has 2 aliphatic heterocycles. The van der Waals surface area contributed by atoms with E-state index in [0.29, 0.717) is 65.8 Å². The van der Waals surface area contributed by atoms with E-state index in [1.54, 1.807) is 64.2 Å². The summed E-state index contributed by atoms with van der Waals surface area (Å²) >= 11 is 0. The smallest absolute Gasteiger partial charge is 0.408 e. The summed E-state index contributed by atoms with van der Waals surface area (Å²) in [7, 11) is 3.35. The first-order valence-electron chi connectivity index (χ1n) is 22.7. The van der Waals surface area contributed by atoms with Crippen molar-refractivity contribution in [3.05, 3.63) is 30.0 Å². The summed E-state index contributed by atoms with van der Waals surface area (Å²) in [5.41, 5.74) is 1.07. The lowest BCUT2D eigenvalue weighted by Gasteiger charge is -2.43. The summed E-state index contributed by atoms with van der Waals surface area (Å²) in [4.78, 5) is 69.1. The van der Waals surface area contributed by atoms with E-state index in [1.807, 2.05) is 6.92 Å². The van der Waals surface area contributed by atoms with Crippen molar-refractivity contribution in [3.63, 3.8) is 0 Å². The molecule has 1 saturated heterocycles. The molecule has 0 unspecified atom stereocenters. The fraction of sp³-hybridized carbons (Fsp3) is 0.696. The number of carbonyl (C=O) groups is 4. The van der Waals surface area contributed by atoms with Crippen LogP contribution in [0.1, 0.15) is 129 Å². The van der Waals surface area contributed by atoms with Crippen LogP contribution < -0.4 is 30.5 Å². The molecule has 1 aromatic carbocycles. The van der Waals surface area contributed by atoms with Gasteiger partial charge in [0.1, 0.15) is 35.2 Å². The summed E-state index contributed by atoms with van der Waals surface area (Å²) in [6.45, 7) is 16.0. The van der Waals surface area contributed by atoms with E-state index in [-0.39, 0.29) is 36.0 Å². The zero-order valence-electron chi connectivity index (χ0n) is 37.9. The van der Waals surface area contributed by atoms with Gasteiger partial charge in [0.15, 0.2) is 5.82 Å². The molecule has 3 heterocycles. The van der Waals surface area contributed by atoms with Crippen molar-refractivity contribution in [2.75, 3.05) is 48.9 Å². The van der Waals surface area contributed by atoms with E-state index in [1.165, 1.54) is 0 Å². The van der Waals surface area contributed by atoms with Crippen LogP contribution in [0.4, 0.5) is 27.9 Å². The number of hydrogen-bond donors (Lipinski definition) is 3. The molecule has 1 aromatic heterocycles. The predicted molar refractivity (Wildman–Crippen MR) is 236 cm³/mol. The number of piperidine rings is 1. The highest BCUT2D eigenvalue weighted by atomic mass is 16.6. The first kappa shape index (κ1) is 45.9. The van der Waals surface area contributed by atoms with Crippen molar-refractivity contribution in [1.29, 1.82) is 0 Å². The van der Waals surface area contributed by atoms with Crippen molar-refractivity contribution in [2.24, 2.45) is 17.8 Å². The van der Waals surface area contributed by atoms with E-state index in [4.69, 9.17) is 19.2 Å². The number of aromatic nitrogens is 2. The second-order valence-corrected chi connectivity index (χ2v) is 19.0. The third-order valence-corrected chi connectivity index (χ3v) is 13.0. The van der Waals surface area contributed by atoms with E-state index < -0.39 is 23.7 Å². The number of fused-ring (bicyclic) bond motifs is 1. The number of nitrogens with one attached hydrogen (secondary N) is 3. The highest BCUT2D eigenvalue weighted by molar-refractivity contribution is 6.04. The molecule has 4 aliphatic rings. The van der Waals surface area contributed by atoms with Gasteiger partial charge in [0.05, 0.1) is 19.0 Å². The van der Waals surface area contributed by atoms with Gasteiger partial charge in [-0.3, -0.25) is 9.59 Å². The number of likely N-dealkylation sites (N-methyl/N-ethyl adjacent to an activating group) is 1. The Hall–Kier alpha value is -4.66. The van der Waals surface area contributed by atoms with Crippen LogP contribution in [0.25, 0.3) is 0 Å². The minimum Gasteiger partial charge on any atom is -0.495 e. The molecule has 336 valence electrons. The second kappa shape index (κ2) is 20.0. The van der Waals surface area contributed by atoms with Crippen molar-refractivity contribution in [2.45, 2.75) is 155 Å². The maximum absolute atomic E-state index is 13.7. The van der Waals surface area contributed by atoms with Gasteiger partial charge in [0, 0.05) is 44.3 Å². The standard InChI is InChI=1S/C46H70N8O7/c1-10-36-42(56)52(8)37-27-47-44(51-40(37)54(36)32-13-11-12-14-32)49-34-18-16-30(26-39(34)59-9)41(55)48-31-19-22-53(23-20-31)24-21-35(50-45(58)61-46(5,6)7)43(57)60-38-25-29(4)15-17-33(38)28(2)3/h16,18,26-29,31-33,35-36,38H,10-15,17,19-25H2,1-9H3,(H,48,55)(H,50,58)(H,47,49,51)/t29-,33+,35+,36-,38-/m1/s1. The normalized spacial score (nSPS) is 23.3. The van der Waals surface area contributed by atoms with E-state index in [0.717, 1.165) is 76.7 Å². The molecule has 5 atom stereocenters. The number of carbonyl (C=O) groups excluding carboxylic acids is 4. The Bertz CT molecular complexity index is 1850. The van der Waals surface area contributed by atoms with Crippen LogP contribution in [0.5, 0.6) is 5.75 Å². The quantitative estimate of drug-likeness (QED) is 0.164. The molecule has 3 amide bonds. The number of rotatable bonds is 14. The Morgan fingerprint density at radius 1 is 1.02 bits per heavy atom. The Balaban J connectivity index is 1.04. The van der Waals surface area contributed by atoms with Crippen molar-refractivity contribution in [1.82, 2.24) is 25.5 Å². The molecule has 3 fully saturated rings. The fourth-order valence-corrected chi connectivity index (χ4v) is 9.56. The first-order valence-corrected chi connectivity index (χ1v) is 22.7. The molecule has 3 N–H and O–H groups in total. The average molecular weight is 847 g/mol. The van der Waals surface area contributed by atoms with Gasteiger partial charge in [-0.25, -0.2) is 14.6 Å². The second-order valence-electron chi connectivity index (χ2n) is 19.0. The van der Waals surface area contributed by atoms with Crippen LogP contribution in [0.3, 0.4) is 0 Å². The minimum atomic E-state index is -0.837. The Morgan fingerprint density at radius 2 is 1.74 bits per heavy atom. The molecule has 2 aromatic rings. The number of hydrogen-bond acceptors (Lipinski definition) is 12. The Labute approximate surface area is 362 Å². The summed E-state index contributed by atoms with van der Waals surface area (Å²) in [5.74, 6) is 2.22. The third kappa shape index (κ3) is 11.4. The summed E-state index contributed by atoms with van der Waals surface area (Å²) < 4.78 is 17.4. The number of nitrogens with zero attached hydrogens (tertiary/aromatic N) is 5. The zero-order valence-corrected chi connectivity index (χ0v) is 37.9. The molecular formula is C46H70N8O7. The molecule has 6 rings (SSSR count). The zero-order chi connectivity index (χ0) is 44.0. The predicted octanol–water partition coefficient (Wildman–Crippen LogP) is 7.21. The summed E-state index contributed by atoms with van der Waals surface area (Å²) in [5, 5.41) is 9.31. The maximum atomic E-state index is 13.7. The minimum absolute atomic E-state index is 0.0295. The SMILES string of the molecule is CC[C@@H]1C(=O)N(C)c2cnc(Nc3ccc(C(=O)NC4CCN(CC[C@H](NC(=O)OC(C)(C)C)C(=O)O[C@@H]5C[C@H](C)CC[C@H]5C(C)C)CC4)cc3OC)nc2N1C1CCCC1. The number of esters is 1. The molecule has 0 radical (unpaired) electrons. The maximum Gasteiger partial charge on any atom is 0.408 e. The topological polar surface area (TPSA) is 168 Å². The van der Waals surface area contributed by atoms with E-state index in [2.05, 4.69) is 51.5 Å². The monoisotopic (exact) mass is 847 g/mol. The Morgan fingerprint density at radius 3 is 2.39 bits per heavy atom. The van der Waals surface area contributed by atoms with Gasteiger partial charge < -0.3 is 44.9 Å². The van der Waals surface area contributed by atoms with Gasteiger partial charge in [-0.05, 0) is 108 Å². The lowest BCUT2D eigenvalue weighted by atomic mass is 9.75. The van der Waals surface area contributed by atoms with Crippen LogP contribution in [0.2, 0.25) is 0 Å². The molecule has 0 bridgehead atoms. The number of amides is 3. The highest BCUT2D eigenvalue weighted by Gasteiger charge is 2.41. The van der Waals surface area contributed by atoms with Crippen LogP contribution in [0, 0.1) is 17.8 Å². The first-order chi connectivity index (χ1) is 29.0. The molecule has 2 saturated carbocycles.